The molecule has 0 radical (unpaired) electrons. The summed E-state index contributed by atoms with van der Waals surface area (Å²) in [5.41, 5.74) is 0. The van der Waals surface area contributed by atoms with Gasteiger partial charge in [-0.15, -0.1) is 0 Å². The van der Waals surface area contributed by atoms with Crippen molar-refractivity contribution in [2.24, 2.45) is 5.92 Å². The van der Waals surface area contributed by atoms with Crippen LogP contribution in [0, 0.1) is 5.92 Å². The predicted octanol–water partition coefficient (Wildman–Crippen LogP) is 1.27. The molecule has 1 aliphatic rings. The van der Waals surface area contributed by atoms with Gasteiger partial charge in [0.05, 0.1) is 6.10 Å². The second-order valence-electron chi connectivity index (χ2n) is 3.40. The Kier molecular flexibility index (Phi) is 2.49. The van der Waals surface area contributed by atoms with Gasteiger partial charge in [0, 0.05) is 0 Å². The Morgan fingerprint density at radius 2 is 2.27 bits per heavy atom. The molecule has 2 atom stereocenters. The van der Waals surface area contributed by atoms with Crippen LogP contribution in [0.15, 0.2) is 0 Å². The number of rotatable bonds is 4. The summed E-state index contributed by atoms with van der Waals surface area (Å²) in [6.45, 7) is 4.25. The van der Waals surface area contributed by atoms with E-state index in [4.69, 9.17) is 9.84 Å². The first-order chi connectivity index (χ1) is 5.11. The average molecular weight is 158 g/mol. The van der Waals surface area contributed by atoms with Crippen molar-refractivity contribution in [3.8, 4) is 0 Å². The number of hydrogen-bond acceptors (Lipinski definition) is 2. The van der Waals surface area contributed by atoms with Gasteiger partial charge in [0.15, 0.2) is 6.10 Å². The van der Waals surface area contributed by atoms with E-state index in [1.807, 2.05) is 0 Å². The van der Waals surface area contributed by atoms with Crippen LogP contribution in [0.2, 0.25) is 0 Å². The maximum atomic E-state index is 10.3. The average Bonchev–Trinajstić information content (AvgIpc) is 2.61. The van der Waals surface area contributed by atoms with Gasteiger partial charge in [-0.3, -0.25) is 0 Å². The predicted molar refractivity (Wildman–Crippen MR) is 40.4 cm³/mol. The fourth-order valence-electron chi connectivity index (χ4n) is 1.08. The molecule has 0 saturated carbocycles. The number of epoxide rings is 1. The lowest BCUT2D eigenvalue weighted by molar-refractivity contribution is -0.138. The number of carboxylic acids is 1. The molecule has 1 fully saturated rings. The van der Waals surface area contributed by atoms with Crippen LogP contribution in [0.5, 0.6) is 0 Å². The van der Waals surface area contributed by atoms with Crippen molar-refractivity contribution < 1.29 is 14.6 Å². The van der Waals surface area contributed by atoms with E-state index >= 15 is 0 Å². The Morgan fingerprint density at radius 3 is 2.64 bits per heavy atom. The van der Waals surface area contributed by atoms with Gasteiger partial charge in [-0.2, -0.15) is 0 Å². The Labute approximate surface area is 66.4 Å². The van der Waals surface area contributed by atoms with Crippen LogP contribution in [-0.2, 0) is 9.53 Å². The quantitative estimate of drug-likeness (QED) is 0.627. The van der Waals surface area contributed by atoms with Crippen molar-refractivity contribution in [3.05, 3.63) is 0 Å². The van der Waals surface area contributed by atoms with E-state index in [2.05, 4.69) is 13.8 Å². The molecule has 1 aliphatic heterocycles. The highest BCUT2D eigenvalue weighted by atomic mass is 16.6. The SMILES string of the molecule is CC(C)CC[C@@H]1O[C@H]1C(=O)O. The third-order valence-corrected chi connectivity index (χ3v) is 1.85. The standard InChI is InChI=1S/C8H14O3/c1-5(2)3-4-6-7(11-6)8(9)10/h5-7H,3-4H2,1-2H3,(H,9,10)/t6-,7+/m0/s1. The lowest BCUT2D eigenvalue weighted by atomic mass is 10.1. The molecule has 0 amide bonds. The summed E-state index contributed by atoms with van der Waals surface area (Å²) in [5, 5.41) is 8.46. The molecule has 0 aromatic carbocycles. The van der Waals surface area contributed by atoms with E-state index in [0.717, 1.165) is 12.8 Å². The van der Waals surface area contributed by atoms with E-state index in [-0.39, 0.29) is 6.10 Å². The Bertz CT molecular complexity index is 153. The van der Waals surface area contributed by atoms with Gasteiger partial charge in [-0.1, -0.05) is 13.8 Å². The van der Waals surface area contributed by atoms with Gasteiger partial charge in [-0.25, -0.2) is 4.79 Å². The molecule has 1 N–H and O–H groups in total. The molecule has 0 spiro atoms. The molecule has 1 rings (SSSR count). The molecule has 0 aromatic heterocycles. The van der Waals surface area contributed by atoms with Crippen LogP contribution in [0.1, 0.15) is 26.7 Å². The fraction of sp³-hybridized carbons (Fsp3) is 0.875. The minimum absolute atomic E-state index is 0.00472. The molecule has 0 bridgehead atoms. The third-order valence-electron chi connectivity index (χ3n) is 1.85. The minimum Gasteiger partial charge on any atom is -0.479 e. The molecule has 0 unspecified atom stereocenters. The zero-order chi connectivity index (χ0) is 8.43. The molecule has 1 saturated heterocycles. The van der Waals surface area contributed by atoms with Crippen LogP contribution in [0.25, 0.3) is 0 Å². The second kappa shape index (κ2) is 3.22. The van der Waals surface area contributed by atoms with Crippen molar-refractivity contribution in [2.75, 3.05) is 0 Å². The molecule has 3 heteroatoms. The zero-order valence-electron chi connectivity index (χ0n) is 6.91. The van der Waals surface area contributed by atoms with Gasteiger partial charge >= 0.3 is 5.97 Å². The molecule has 11 heavy (non-hydrogen) atoms. The van der Waals surface area contributed by atoms with Crippen molar-refractivity contribution in [3.63, 3.8) is 0 Å². The van der Waals surface area contributed by atoms with Crippen molar-refractivity contribution >= 4 is 5.97 Å². The Balaban J connectivity index is 2.09. The molecule has 1 heterocycles. The van der Waals surface area contributed by atoms with Gasteiger partial charge in [-0.05, 0) is 18.8 Å². The smallest absolute Gasteiger partial charge is 0.335 e. The highest BCUT2D eigenvalue weighted by molar-refractivity contribution is 5.75. The molecular formula is C8H14O3. The van der Waals surface area contributed by atoms with Gasteiger partial charge in [0.25, 0.3) is 0 Å². The maximum absolute atomic E-state index is 10.3. The van der Waals surface area contributed by atoms with Crippen molar-refractivity contribution in [1.29, 1.82) is 0 Å². The minimum atomic E-state index is -0.821. The Morgan fingerprint density at radius 1 is 1.64 bits per heavy atom. The summed E-state index contributed by atoms with van der Waals surface area (Å²) in [7, 11) is 0. The number of aliphatic carboxylic acids is 1. The lowest BCUT2D eigenvalue weighted by Gasteiger charge is -1.99. The zero-order valence-corrected chi connectivity index (χ0v) is 6.91. The second-order valence-corrected chi connectivity index (χ2v) is 3.40. The summed E-state index contributed by atoms with van der Waals surface area (Å²) in [5.74, 6) is -0.188. The van der Waals surface area contributed by atoms with E-state index < -0.39 is 12.1 Å². The summed E-state index contributed by atoms with van der Waals surface area (Å²) < 4.78 is 4.93. The van der Waals surface area contributed by atoms with Crippen molar-refractivity contribution in [2.45, 2.75) is 38.9 Å². The molecular weight excluding hydrogens is 144 g/mol. The van der Waals surface area contributed by atoms with Gasteiger partial charge < -0.3 is 9.84 Å². The summed E-state index contributed by atoms with van der Waals surface area (Å²) in [6.07, 6.45) is 1.42. The number of carbonyl (C=O) groups is 1. The third kappa shape index (κ3) is 2.50. The molecule has 0 aliphatic carbocycles. The van der Waals surface area contributed by atoms with E-state index in [9.17, 15) is 4.79 Å². The first-order valence-electron chi connectivity index (χ1n) is 3.99. The first kappa shape index (κ1) is 8.53. The maximum Gasteiger partial charge on any atom is 0.335 e. The highest BCUT2D eigenvalue weighted by Gasteiger charge is 2.44. The monoisotopic (exact) mass is 158 g/mol. The fourth-order valence-corrected chi connectivity index (χ4v) is 1.08. The van der Waals surface area contributed by atoms with Crippen LogP contribution < -0.4 is 0 Å². The van der Waals surface area contributed by atoms with Crippen LogP contribution in [0.3, 0.4) is 0 Å². The van der Waals surface area contributed by atoms with Crippen LogP contribution >= 0.6 is 0 Å². The lowest BCUT2D eigenvalue weighted by Crippen LogP contribution is -2.08. The highest BCUT2D eigenvalue weighted by Crippen LogP contribution is 2.27. The van der Waals surface area contributed by atoms with Crippen LogP contribution in [-0.4, -0.2) is 23.3 Å². The summed E-state index contributed by atoms with van der Waals surface area (Å²) in [4.78, 5) is 10.3. The molecule has 3 nitrogen and oxygen atoms in total. The summed E-state index contributed by atoms with van der Waals surface area (Å²) in [6, 6.07) is 0. The van der Waals surface area contributed by atoms with Crippen molar-refractivity contribution in [1.82, 2.24) is 0 Å². The Hall–Kier alpha value is -0.570. The van der Waals surface area contributed by atoms with E-state index in [1.54, 1.807) is 0 Å². The van der Waals surface area contributed by atoms with Crippen LogP contribution in [0.4, 0.5) is 0 Å². The summed E-state index contributed by atoms with van der Waals surface area (Å²) >= 11 is 0. The van der Waals surface area contributed by atoms with Gasteiger partial charge in [0.1, 0.15) is 0 Å². The molecule has 64 valence electrons. The molecule has 0 aromatic rings. The van der Waals surface area contributed by atoms with E-state index in [1.165, 1.54) is 0 Å². The largest absolute Gasteiger partial charge is 0.479 e. The number of carboxylic acid groups (broad SMARTS) is 1. The normalized spacial score (nSPS) is 29.0. The number of ether oxygens (including phenoxy) is 1. The van der Waals surface area contributed by atoms with Gasteiger partial charge in [0.2, 0.25) is 0 Å². The first-order valence-corrected chi connectivity index (χ1v) is 3.99. The number of hydrogen-bond donors (Lipinski definition) is 1. The van der Waals surface area contributed by atoms with E-state index in [0.29, 0.717) is 5.92 Å². The topological polar surface area (TPSA) is 49.8 Å².